The highest BCUT2D eigenvalue weighted by molar-refractivity contribution is 5.77. The van der Waals surface area contributed by atoms with Crippen LogP contribution < -0.4 is 14.8 Å². The van der Waals surface area contributed by atoms with Gasteiger partial charge >= 0.3 is 0 Å². The van der Waals surface area contributed by atoms with Gasteiger partial charge in [-0.05, 0) is 82.2 Å². The fourth-order valence-corrected chi connectivity index (χ4v) is 4.16. The van der Waals surface area contributed by atoms with Gasteiger partial charge in [0.1, 0.15) is 0 Å². The molecule has 1 N–H and O–H groups in total. The van der Waals surface area contributed by atoms with Crippen molar-refractivity contribution in [2.24, 2.45) is 5.92 Å². The minimum Gasteiger partial charge on any atom is -0.493 e. The Morgan fingerprint density at radius 3 is 2.44 bits per heavy atom. The standard InChI is InChI=1S/C22H34N2O3/c1-22(2,24-11-5-6-12-24)15-23-21(25)14-18(16-7-8-16)17-9-10-19(26-3)20(13-17)27-4/h9-10,13,16,18H,5-8,11-12,14-15H2,1-4H3,(H,23,25). The Hall–Kier alpha value is -1.75. The summed E-state index contributed by atoms with van der Waals surface area (Å²) in [6.45, 7) is 7.43. The second-order valence-corrected chi connectivity index (χ2v) is 8.55. The summed E-state index contributed by atoms with van der Waals surface area (Å²) in [6.07, 6.45) is 5.47. The molecule has 3 rings (SSSR count). The van der Waals surface area contributed by atoms with Gasteiger partial charge in [0.05, 0.1) is 14.2 Å². The van der Waals surface area contributed by atoms with Gasteiger partial charge in [-0.25, -0.2) is 0 Å². The SMILES string of the molecule is COc1ccc(C(CC(=O)NCC(C)(C)N2CCCC2)C2CC2)cc1OC. The van der Waals surface area contributed by atoms with Crippen molar-refractivity contribution in [2.75, 3.05) is 33.9 Å². The Kier molecular flexibility index (Phi) is 6.30. The smallest absolute Gasteiger partial charge is 0.220 e. The molecule has 27 heavy (non-hydrogen) atoms. The topological polar surface area (TPSA) is 50.8 Å². The zero-order valence-corrected chi connectivity index (χ0v) is 17.2. The average molecular weight is 375 g/mol. The Labute approximate surface area is 163 Å². The van der Waals surface area contributed by atoms with Crippen LogP contribution in [0.2, 0.25) is 0 Å². The molecule has 1 aliphatic carbocycles. The van der Waals surface area contributed by atoms with Crippen LogP contribution in [0.4, 0.5) is 0 Å². The monoisotopic (exact) mass is 374 g/mol. The van der Waals surface area contributed by atoms with Crippen molar-refractivity contribution in [2.45, 2.75) is 57.4 Å². The van der Waals surface area contributed by atoms with Crippen molar-refractivity contribution in [1.29, 1.82) is 0 Å². The van der Waals surface area contributed by atoms with Crippen LogP contribution in [-0.2, 0) is 4.79 Å². The third-order valence-electron chi connectivity index (χ3n) is 6.11. The predicted octanol–water partition coefficient (Wildman–Crippen LogP) is 3.58. The molecule has 2 aliphatic rings. The Morgan fingerprint density at radius 2 is 1.85 bits per heavy atom. The lowest BCUT2D eigenvalue weighted by Gasteiger charge is -2.35. The summed E-state index contributed by atoms with van der Waals surface area (Å²) in [4.78, 5) is 15.2. The highest BCUT2D eigenvalue weighted by atomic mass is 16.5. The normalized spacial score (nSPS) is 19.0. The lowest BCUT2D eigenvalue weighted by atomic mass is 9.90. The largest absolute Gasteiger partial charge is 0.493 e. The third-order valence-corrected chi connectivity index (χ3v) is 6.11. The van der Waals surface area contributed by atoms with Gasteiger partial charge in [0, 0.05) is 18.5 Å². The van der Waals surface area contributed by atoms with E-state index in [1.807, 2.05) is 12.1 Å². The first kappa shape index (κ1) is 20.0. The second kappa shape index (κ2) is 8.51. The summed E-state index contributed by atoms with van der Waals surface area (Å²) in [5, 5.41) is 3.20. The van der Waals surface area contributed by atoms with E-state index in [2.05, 4.69) is 30.1 Å². The highest BCUT2D eigenvalue weighted by Crippen LogP contribution is 2.46. The summed E-state index contributed by atoms with van der Waals surface area (Å²) in [5.74, 6) is 2.46. The van der Waals surface area contributed by atoms with Crippen molar-refractivity contribution >= 4 is 5.91 Å². The van der Waals surface area contributed by atoms with Crippen LogP contribution in [-0.4, -0.2) is 50.2 Å². The molecule has 1 atom stereocenters. The molecule has 0 spiro atoms. The van der Waals surface area contributed by atoms with Crippen molar-refractivity contribution in [1.82, 2.24) is 10.2 Å². The zero-order valence-electron chi connectivity index (χ0n) is 17.2. The maximum absolute atomic E-state index is 12.7. The number of methoxy groups -OCH3 is 2. The molecule has 1 aromatic rings. The number of amides is 1. The predicted molar refractivity (Wildman–Crippen MR) is 108 cm³/mol. The number of rotatable bonds is 9. The minimum atomic E-state index is 0.0184. The first-order valence-corrected chi connectivity index (χ1v) is 10.2. The van der Waals surface area contributed by atoms with E-state index in [1.54, 1.807) is 14.2 Å². The van der Waals surface area contributed by atoms with E-state index in [-0.39, 0.29) is 17.4 Å². The molecule has 0 aromatic heterocycles. The molecule has 1 aromatic carbocycles. The van der Waals surface area contributed by atoms with E-state index in [0.717, 1.165) is 24.6 Å². The third kappa shape index (κ3) is 4.95. The van der Waals surface area contributed by atoms with Crippen LogP contribution in [0.1, 0.15) is 57.4 Å². The van der Waals surface area contributed by atoms with Crippen LogP contribution in [0.15, 0.2) is 18.2 Å². The van der Waals surface area contributed by atoms with E-state index in [1.165, 1.54) is 31.2 Å². The number of carbonyl (C=O) groups is 1. The molecule has 150 valence electrons. The van der Waals surface area contributed by atoms with Gasteiger partial charge < -0.3 is 14.8 Å². The Bertz CT molecular complexity index is 649. The maximum Gasteiger partial charge on any atom is 0.220 e. The number of nitrogens with zero attached hydrogens (tertiary/aromatic N) is 1. The summed E-state index contributed by atoms with van der Waals surface area (Å²) in [7, 11) is 3.30. The van der Waals surface area contributed by atoms with Crippen molar-refractivity contribution in [3.8, 4) is 11.5 Å². The van der Waals surface area contributed by atoms with E-state index in [0.29, 0.717) is 18.9 Å². The number of carbonyl (C=O) groups excluding carboxylic acids is 1. The molecule has 5 nitrogen and oxygen atoms in total. The van der Waals surface area contributed by atoms with E-state index in [9.17, 15) is 4.79 Å². The number of likely N-dealkylation sites (tertiary alicyclic amines) is 1. The van der Waals surface area contributed by atoms with E-state index < -0.39 is 0 Å². The first-order valence-electron chi connectivity index (χ1n) is 10.2. The number of nitrogens with one attached hydrogen (secondary N) is 1. The summed E-state index contributed by atoms with van der Waals surface area (Å²) in [5.41, 5.74) is 1.19. The Morgan fingerprint density at radius 1 is 1.19 bits per heavy atom. The van der Waals surface area contributed by atoms with Crippen LogP contribution >= 0.6 is 0 Å². The molecule has 1 saturated heterocycles. The van der Waals surface area contributed by atoms with Crippen molar-refractivity contribution in [3.63, 3.8) is 0 Å². The molecule has 1 unspecified atom stereocenters. The Balaban J connectivity index is 1.62. The molecule has 1 amide bonds. The molecule has 2 fully saturated rings. The quantitative estimate of drug-likeness (QED) is 0.718. The molecule has 1 heterocycles. The molecule has 0 bridgehead atoms. The van der Waals surface area contributed by atoms with Crippen molar-refractivity contribution in [3.05, 3.63) is 23.8 Å². The van der Waals surface area contributed by atoms with Gasteiger partial charge in [-0.2, -0.15) is 0 Å². The molecule has 0 radical (unpaired) electrons. The molecule has 5 heteroatoms. The van der Waals surface area contributed by atoms with Crippen LogP contribution in [0.5, 0.6) is 11.5 Å². The van der Waals surface area contributed by atoms with E-state index >= 15 is 0 Å². The summed E-state index contributed by atoms with van der Waals surface area (Å²) < 4.78 is 10.8. The fourth-order valence-electron chi connectivity index (χ4n) is 4.16. The fraction of sp³-hybridized carbons (Fsp3) is 0.682. The lowest BCUT2D eigenvalue weighted by Crippen LogP contribution is -2.50. The molecule has 1 aliphatic heterocycles. The van der Waals surface area contributed by atoms with Crippen LogP contribution in [0.25, 0.3) is 0 Å². The van der Waals surface area contributed by atoms with Gasteiger partial charge in [-0.1, -0.05) is 6.07 Å². The first-order chi connectivity index (χ1) is 12.9. The van der Waals surface area contributed by atoms with Crippen molar-refractivity contribution < 1.29 is 14.3 Å². The number of benzene rings is 1. The number of ether oxygens (including phenoxy) is 2. The lowest BCUT2D eigenvalue weighted by molar-refractivity contribution is -0.122. The van der Waals surface area contributed by atoms with Gasteiger partial charge in [-0.3, -0.25) is 9.69 Å². The second-order valence-electron chi connectivity index (χ2n) is 8.55. The van der Waals surface area contributed by atoms with Gasteiger partial charge in [-0.15, -0.1) is 0 Å². The van der Waals surface area contributed by atoms with E-state index in [4.69, 9.17) is 9.47 Å². The summed E-state index contributed by atoms with van der Waals surface area (Å²) >= 11 is 0. The van der Waals surface area contributed by atoms with Gasteiger partial charge in [0.2, 0.25) is 5.91 Å². The minimum absolute atomic E-state index is 0.0184. The van der Waals surface area contributed by atoms with Crippen LogP contribution in [0.3, 0.4) is 0 Å². The average Bonchev–Trinajstić information content (AvgIpc) is 3.35. The highest BCUT2D eigenvalue weighted by Gasteiger charge is 2.35. The van der Waals surface area contributed by atoms with Crippen LogP contribution in [0, 0.1) is 5.92 Å². The molecular formula is C22H34N2O3. The number of hydrogen-bond acceptors (Lipinski definition) is 4. The number of hydrogen-bond donors (Lipinski definition) is 1. The molecule has 1 saturated carbocycles. The zero-order chi connectivity index (χ0) is 19.4. The summed E-state index contributed by atoms with van der Waals surface area (Å²) in [6, 6.07) is 6.05. The van der Waals surface area contributed by atoms with Gasteiger partial charge in [0.15, 0.2) is 11.5 Å². The maximum atomic E-state index is 12.7. The van der Waals surface area contributed by atoms with Gasteiger partial charge in [0.25, 0.3) is 0 Å². The molecular weight excluding hydrogens is 340 g/mol.